The predicted molar refractivity (Wildman–Crippen MR) is 83.8 cm³/mol. The molecule has 6 nitrogen and oxygen atoms in total. The number of amides is 2. The van der Waals surface area contributed by atoms with Gasteiger partial charge in [0.05, 0.1) is 11.6 Å². The van der Waals surface area contributed by atoms with E-state index < -0.39 is 17.9 Å². The van der Waals surface area contributed by atoms with Crippen molar-refractivity contribution in [3.8, 4) is 0 Å². The van der Waals surface area contributed by atoms with Crippen LogP contribution in [0, 0.1) is 18.8 Å². The first-order valence-electron chi connectivity index (χ1n) is 7.07. The normalized spacial score (nSPS) is 12.2. The van der Waals surface area contributed by atoms with Crippen molar-refractivity contribution in [1.29, 1.82) is 0 Å². The molecule has 0 aromatic carbocycles. The highest BCUT2D eigenvalue weighted by Gasteiger charge is 2.20. The summed E-state index contributed by atoms with van der Waals surface area (Å²) in [6.07, 6.45) is 1.35. The first kappa shape index (κ1) is 17.4. The molecule has 1 atom stereocenters. The van der Waals surface area contributed by atoms with Crippen LogP contribution in [0.5, 0.6) is 0 Å². The lowest BCUT2D eigenvalue weighted by molar-refractivity contribution is -0.142. The van der Waals surface area contributed by atoms with Gasteiger partial charge in [-0.25, -0.2) is 9.78 Å². The summed E-state index contributed by atoms with van der Waals surface area (Å²) < 4.78 is 0. The number of nitrogens with zero attached hydrogens (tertiary/aromatic N) is 1. The van der Waals surface area contributed by atoms with Gasteiger partial charge in [0.1, 0.15) is 0 Å². The SMILES string of the molecule is CCc1nc(NC(=O)NCC(CC(C)C)C(=O)O)sc1C. The molecule has 1 rings (SSSR count). The number of hydrogen-bond donors (Lipinski definition) is 3. The number of rotatable bonds is 7. The average Bonchev–Trinajstić information content (AvgIpc) is 2.73. The Kier molecular flexibility index (Phi) is 6.61. The van der Waals surface area contributed by atoms with Crippen molar-refractivity contribution in [2.24, 2.45) is 11.8 Å². The predicted octanol–water partition coefficient (Wildman–Crippen LogP) is 2.88. The van der Waals surface area contributed by atoms with E-state index in [4.69, 9.17) is 5.11 Å². The Morgan fingerprint density at radius 3 is 2.52 bits per heavy atom. The van der Waals surface area contributed by atoms with Crippen molar-refractivity contribution < 1.29 is 14.7 Å². The van der Waals surface area contributed by atoms with Crippen molar-refractivity contribution in [3.05, 3.63) is 10.6 Å². The number of aromatic nitrogens is 1. The maximum atomic E-state index is 11.8. The minimum absolute atomic E-state index is 0.115. The molecule has 0 bridgehead atoms. The number of thiazole rings is 1. The highest BCUT2D eigenvalue weighted by Crippen LogP contribution is 2.22. The van der Waals surface area contributed by atoms with Crippen LogP contribution in [0.4, 0.5) is 9.93 Å². The van der Waals surface area contributed by atoms with Crippen molar-refractivity contribution in [1.82, 2.24) is 10.3 Å². The van der Waals surface area contributed by atoms with Crippen LogP contribution in [0.15, 0.2) is 0 Å². The molecule has 0 spiro atoms. The average molecular weight is 313 g/mol. The Morgan fingerprint density at radius 2 is 2.05 bits per heavy atom. The fraction of sp³-hybridized carbons (Fsp3) is 0.643. The lowest BCUT2D eigenvalue weighted by Crippen LogP contribution is -2.36. The van der Waals surface area contributed by atoms with E-state index in [1.165, 1.54) is 11.3 Å². The fourth-order valence-electron chi connectivity index (χ4n) is 2.01. The van der Waals surface area contributed by atoms with Gasteiger partial charge in [-0.3, -0.25) is 10.1 Å². The summed E-state index contributed by atoms with van der Waals surface area (Å²) in [5, 5.41) is 14.9. The van der Waals surface area contributed by atoms with Crippen LogP contribution in [-0.2, 0) is 11.2 Å². The van der Waals surface area contributed by atoms with E-state index in [0.717, 1.165) is 17.0 Å². The molecule has 0 aliphatic rings. The van der Waals surface area contributed by atoms with Crippen molar-refractivity contribution in [2.45, 2.75) is 40.5 Å². The lowest BCUT2D eigenvalue weighted by atomic mass is 9.97. The second-order valence-corrected chi connectivity index (χ2v) is 6.58. The topological polar surface area (TPSA) is 91.3 Å². The van der Waals surface area contributed by atoms with Gasteiger partial charge in [-0.05, 0) is 25.7 Å². The monoisotopic (exact) mass is 313 g/mol. The van der Waals surface area contributed by atoms with Crippen LogP contribution in [0.2, 0.25) is 0 Å². The Bertz CT molecular complexity index is 500. The standard InChI is InChI=1S/C14H23N3O3S/c1-5-11-9(4)21-14(16-11)17-13(20)15-7-10(12(18)19)6-8(2)3/h8,10H,5-7H2,1-4H3,(H,18,19)(H2,15,16,17,20). The van der Waals surface area contributed by atoms with E-state index in [-0.39, 0.29) is 12.5 Å². The summed E-state index contributed by atoms with van der Waals surface area (Å²) in [4.78, 5) is 28.3. The molecule has 2 amide bonds. The van der Waals surface area contributed by atoms with Gasteiger partial charge in [0.15, 0.2) is 5.13 Å². The summed E-state index contributed by atoms with van der Waals surface area (Å²) in [6, 6.07) is -0.415. The third-order valence-electron chi connectivity index (χ3n) is 3.06. The molecule has 0 aliphatic heterocycles. The third-order valence-corrected chi connectivity index (χ3v) is 3.99. The molecule has 3 N–H and O–H groups in total. The Balaban J connectivity index is 2.50. The zero-order valence-corrected chi connectivity index (χ0v) is 13.7. The summed E-state index contributed by atoms with van der Waals surface area (Å²) in [7, 11) is 0. The highest BCUT2D eigenvalue weighted by atomic mass is 32.1. The molecular weight excluding hydrogens is 290 g/mol. The van der Waals surface area contributed by atoms with Crippen molar-refractivity contribution in [2.75, 3.05) is 11.9 Å². The molecule has 0 saturated carbocycles. The zero-order valence-electron chi connectivity index (χ0n) is 12.9. The highest BCUT2D eigenvalue weighted by molar-refractivity contribution is 7.15. The molecular formula is C14H23N3O3S. The van der Waals surface area contributed by atoms with E-state index >= 15 is 0 Å². The van der Waals surface area contributed by atoms with Gasteiger partial charge in [-0.1, -0.05) is 20.8 Å². The second kappa shape index (κ2) is 7.97. The van der Waals surface area contributed by atoms with E-state index in [2.05, 4.69) is 15.6 Å². The smallest absolute Gasteiger partial charge is 0.321 e. The van der Waals surface area contributed by atoms with Gasteiger partial charge in [-0.2, -0.15) is 0 Å². The van der Waals surface area contributed by atoms with Crippen LogP contribution < -0.4 is 10.6 Å². The molecule has 7 heteroatoms. The zero-order chi connectivity index (χ0) is 16.0. The number of nitrogens with one attached hydrogen (secondary N) is 2. The van der Waals surface area contributed by atoms with Gasteiger partial charge in [0.25, 0.3) is 0 Å². The van der Waals surface area contributed by atoms with E-state index in [1.54, 1.807) is 0 Å². The summed E-state index contributed by atoms with van der Waals surface area (Å²) in [5.41, 5.74) is 0.971. The molecule has 1 aromatic rings. The molecule has 1 aromatic heterocycles. The van der Waals surface area contributed by atoms with Crippen molar-refractivity contribution >= 4 is 28.5 Å². The Morgan fingerprint density at radius 1 is 1.38 bits per heavy atom. The number of aryl methyl sites for hydroxylation is 2. The Labute approximate surface area is 129 Å². The quantitative estimate of drug-likeness (QED) is 0.722. The van der Waals surface area contributed by atoms with Gasteiger partial charge in [0, 0.05) is 11.4 Å². The first-order chi connectivity index (χ1) is 9.83. The maximum absolute atomic E-state index is 11.8. The molecule has 0 radical (unpaired) electrons. The molecule has 0 saturated heterocycles. The van der Waals surface area contributed by atoms with Gasteiger partial charge >= 0.3 is 12.0 Å². The largest absolute Gasteiger partial charge is 0.481 e. The van der Waals surface area contributed by atoms with Crippen LogP contribution >= 0.6 is 11.3 Å². The molecule has 0 aliphatic carbocycles. The van der Waals surface area contributed by atoms with Crippen LogP contribution in [0.25, 0.3) is 0 Å². The van der Waals surface area contributed by atoms with Crippen molar-refractivity contribution in [3.63, 3.8) is 0 Å². The number of carbonyl (C=O) groups is 2. The fourth-order valence-corrected chi connectivity index (χ4v) is 2.90. The number of anilines is 1. The number of carboxylic acid groups (broad SMARTS) is 1. The van der Waals surface area contributed by atoms with E-state index in [0.29, 0.717) is 11.6 Å². The van der Waals surface area contributed by atoms with Gasteiger partial charge in [-0.15, -0.1) is 11.3 Å². The van der Waals surface area contributed by atoms with Crippen LogP contribution in [-0.4, -0.2) is 28.6 Å². The van der Waals surface area contributed by atoms with E-state index in [1.807, 2.05) is 27.7 Å². The molecule has 1 heterocycles. The van der Waals surface area contributed by atoms with Crippen LogP contribution in [0.3, 0.4) is 0 Å². The van der Waals surface area contributed by atoms with Gasteiger partial charge in [0.2, 0.25) is 0 Å². The molecule has 0 fully saturated rings. The second-order valence-electron chi connectivity index (χ2n) is 5.38. The molecule has 1 unspecified atom stereocenters. The number of carbonyl (C=O) groups excluding carboxylic acids is 1. The maximum Gasteiger partial charge on any atom is 0.321 e. The number of carboxylic acids is 1. The summed E-state index contributed by atoms with van der Waals surface area (Å²) in [6.45, 7) is 8.00. The molecule has 118 valence electrons. The van der Waals surface area contributed by atoms with Crippen LogP contribution in [0.1, 0.15) is 37.8 Å². The first-order valence-corrected chi connectivity index (χ1v) is 7.89. The van der Waals surface area contributed by atoms with Gasteiger partial charge < -0.3 is 10.4 Å². The summed E-state index contributed by atoms with van der Waals surface area (Å²) in [5.74, 6) is -1.19. The lowest BCUT2D eigenvalue weighted by Gasteiger charge is -2.15. The number of aliphatic carboxylic acids is 1. The number of hydrogen-bond acceptors (Lipinski definition) is 4. The number of urea groups is 1. The minimum Gasteiger partial charge on any atom is -0.481 e. The molecule has 21 heavy (non-hydrogen) atoms. The Hall–Kier alpha value is -1.63. The summed E-state index contributed by atoms with van der Waals surface area (Å²) >= 11 is 1.42. The third kappa shape index (κ3) is 5.71. The minimum atomic E-state index is -0.887. The van der Waals surface area contributed by atoms with E-state index in [9.17, 15) is 9.59 Å².